The Labute approximate surface area is 89.0 Å². The molecule has 0 N–H and O–H groups in total. The minimum atomic E-state index is 0.262. The molecule has 0 atom stereocenters. The number of ether oxygens (including phenoxy) is 2. The lowest BCUT2D eigenvalue weighted by molar-refractivity contribution is 0.0172. The molecule has 0 spiro atoms. The lowest BCUT2D eigenvalue weighted by Crippen LogP contribution is -2.17. The van der Waals surface area contributed by atoms with Crippen LogP contribution in [0, 0.1) is 11.3 Å². The van der Waals surface area contributed by atoms with Crippen molar-refractivity contribution in [1.29, 1.82) is 0 Å². The zero-order valence-electron chi connectivity index (χ0n) is 10.4. The summed E-state index contributed by atoms with van der Waals surface area (Å²) in [5, 5.41) is 0. The van der Waals surface area contributed by atoms with Gasteiger partial charge in [0.05, 0.1) is 19.8 Å². The van der Waals surface area contributed by atoms with Gasteiger partial charge >= 0.3 is 0 Å². The predicted molar refractivity (Wildman–Crippen MR) is 60.5 cm³/mol. The highest BCUT2D eigenvalue weighted by Gasteiger charge is 2.09. The van der Waals surface area contributed by atoms with Crippen LogP contribution in [0.5, 0.6) is 0 Å². The SMILES string of the molecule is CC(C)CCOCCOCC(C)(C)C. The molecular formula is C12H26O2. The van der Waals surface area contributed by atoms with Gasteiger partial charge in [0.1, 0.15) is 0 Å². The smallest absolute Gasteiger partial charge is 0.0700 e. The van der Waals surface area contributed by atoms with Crippen molar-refractivity contribution in [2.24, 2.45) is 11.3 Å². The molecule has 86 valence electrons. The number of hydrogen-bond acceptors (Lipinski definition) is 2. The van der Waals surface area contributed by atoms with Crippen molar-refractivity contribution < 1.29 is 9.47 Å². The molecular weight excluding hydrogens is 176 g/mol. The Kier molecular flexibility index (Phi) is 7.20. The topological polar surface area (TPSA) is 18.5 Å². The van der Waals surface area contributed by atoms with Crippen molar-refractivity contribution in [2.75, 3.05) is 26.4 Å². The van der Waals surface area contributed by atoms with E-state index in [4.69, 9.17) is 9.47 Å². The lowest BCUT2D eigenvalue weighted by Gasteiger charge is -2.17. The van der Waals surface area contributed by atoms with Crippen LogP contribution in [0.3, 0.4) is 0 Å². The molecule has 0 rings (SSSR count). The van der Waals surface area contributed by atoms with Gasteiger partial charge in [-0.1, -0.05) is 34.6 Å². The fraction of sp³-hybridized carbons (Fsp3) is 1.00. The van der Waals surface area contributed by atoms with Gasteiger partial charge in [0.2, 0.25) is 0 Å². The molecule has 0 aliphatic carbocycles. The van der Waals surface area contributed by atoms with E-state index in [1.165, 1.54) is 0 Å². The first-order valence-corrected chi connectivity index (χ1v) is 5.57. The quantitative estimate of drug-likeness (QED) is 0.591. The van der Waals surface area contributed by atoms with Crippen molar-refractivity contribution >= 4 is 0 Å². The summed E-state index contributed by atoms with van der Waals surface area (Å²) in [4.78, 5) is 0. The fourth-order valence-corrected chi connectivity index (χ4v) is 0.917. The van der Waals surface area contributed by atoms with Gasteiger partial charge < -0.3 is 9.47 Å². The first kappa shape index (κ1) is 13.9. The van der Waals surface area contributed by atoms with Crippen molar-refractivity contribution in [2.45, 2.75) is 41.0 Å². The molecule has 0 bridgehead atoms. The molecule has 14 heavy (non-hydrogen) atoms. The molecule has 0 fully saturated rings. The van der Waals surface area contributed by atoms with Crippen molar-refractivity contribution in [1.82, 2.24) is 0 Å². The van der Waals surface area contributed by atoms with E-state index in [0.29, 0.717) is 0 Å². The third kappa shape index (κ3) is 11.9. The summed E-state index contributed by atoms with van der Waals surface area (Å²) in [5.74, 6) is 0.727. The van der Waals surface area contributed by atoms with Crippen LogP contribution >= 0.6 is 0 Å². The van der Waals surface area contributed by atoms with E-state index in [1.807, 2.05) is 0 Å². The Morgan fingerprint density at radius 3 is 2.00 bits per heavy atom. The Hall–Kier alpha value is -0.0800. The summed E-state index contributed by atoms with van der Waals surface area (Å²) in [6, 6.07) is 0. The highest BCUT2D eigenvalue weighted by atomic mass is 16.5. The van der Waals surface area contributed by atoms with Gasteiger partial charge in [0, 0.05) is 6.61 Å². The molecule has 2 nitrogen and oxygen atoms in total. The maximum absolute atomic E-state index is 5.48. The predicted octanol–water partition coefficient (Wildman–Crippen LogP) is 3.11. The zero-order chi connectivity index (χ0) is 11.0. The molecule has 0 aliphatic rings. The van der Waals surface area contributed by atoms with Crippen molar-refractivity contribution in [3.63, 3.8) is 0 Å². The molecule has 0 heterocycles. The standard InChI is InChI=1S/C12H26O2/c1-11(2)6-7-13-8-9-14-10-12(3,4)5/h11H,6-10H2,1-5H3. The van der Waals surface area contributed by atoms with E-state index in [0.717, 1.165) is 38.8 Å². The minimum Gasteiger partial charge on any atom is -0.379 e. The summed E-state index contributed by atoms with van der Waals surface area (Å²) in [6.07, 6.45) is 1.14. The Bertz CT molecular complexity index is 125. The Morgan fingerprint density at radius 1 is 0.929 bits per heavy atom. The summed E-state index contributed by atoms with van der Waals surface area (Å²) < 4.78 is 10.9. The van der Waals surface area contributed by atoms with Crippen LogP contribution in [0.15, 0.2) is 0 Å². The van der Waals surface area contributed by atoms with Gasteiger partial charge in [-0.05, 0) is 17.8 Å². The molecule has 0 saturated carbocycles. The van der Waals surface area contributed by atoms with Crippen LogP contribution in [0.4, 0.5) is 0 Å². The summed E-state index contributed by atoms with van der Waals surface area (Å²) in [7, 11) is 0. The van der Waals surface area contributed by atoms with Gasteiger partial charge in [-0.25, -0.2) is 0 Å². The maximum atomic E-state index is 5.48. The second kappa shape index (κ2) is 7.24. The van der Waals surface area contributed by atoms with E-state index < -0.39 is 0 Å². The highest BCUT2D eigenvalue weighted by molar-refractivity contribution is 4.58. The average molecular weight is 202 g/mol. The normalized spacial score (nSPS) is 12.4. The van der Waals surface area contributed by atoms with Crippen LogP contribution < -0.4 is 0 Å². The van der Waals surface area contributed by atoms with Crippen molar-refractivity contribution in [3.8, 4) is 0 Å². The van der Waals surface area contributed by atoms with Crippen molar-refractivity contribution in [3.05, 3.63) is 0 Å². The van der Waals surface area contributed by atoms with E-state index in [1.54, 1.807) is 0 Å². The van der Waals surface area contributed by atoms with Crippen LogP contribution in [0.2, 0.25) is 0 Å². The van der Waals surface area contributed by atoms with Crippen LogP contribution in [0.1, 0.15) is 41.0 Å². The second-order valence-corrected chi connectivity index (χ2v) is 5.41. The van der Waals surface area contributed by atoms with Gasteiger partial charge in [-0.2, -0.15) is 0 Å². The van der Waals surface area contributed by atoms with E-state index in [2.05, 4.69) is 34.6 Å². The van der Waals surface area contributed by atoms with Gasteiger partial charge in [0.15, 0.2) is 0 Å². The molecule has 0 amide bonds. The summed E-state index contributed by atoms with van der Waals surface area (Å²) in [6.45, 7) is 14.0. The third-order valence-electron chi connectivity index (χ3n) is 1.75. The zero-order valence-corrected chi connectivity index (χ0v) is 10.4. The van der Waals surface area contributed by atoms with Crippen LogP contribution in [0.25, 0.3) is 0 Å². The molecule has 0 radical (unpaired) electrons. The largest absolute Gasteiger partial charge is 0.379 e. The fourth-order valence-electron chi connectivity index (χ4n) is 0.917. The maximum Gasteiger partial charge on any atom is 0.0700 e. The molecule has 0 aliphatic heterocycles. The molecule has 0 aromatic rings. The van der Waals surface area contributed by atoms with E-state index >= 15 is 0 Å². The molecule has 0 aromatic carbocycles. The average Bonchev–Trinajstić information content (AvgIpc) is 2.00. The Balaban J connectivity index is 3.07. The molecule has 2 heteroatoms. The van der Waals surface area contributed by atoms with Gasteiger partial charge in [-0.15, -0.1) is 0 Å². The number of hydrogen-bond donors (Lipinski definition) is 0. The lowest BCUT2D eigenvalue weighted by atomic mass is 9.99. The number of rotatable bonds is 7. The minimum absolute atomic E-state index is 0.262. The third-order valence-corrected chi connectivity index (χ3v) is 1.75. The van der Waals surface area contributed by atoms with Crippen LogP contribution in [-0.4, -0.2) is 26.4 Å². The van der Waals surface area contributed by atoms with Crippen LogP contribution in [-0.2, 0) is 9.47 Å². The molecule has 0 unspecified atom stereocenters. The summed E-state index contributed by atoms with van der Waals surface area (Å²) in [5.41, 5.74) is 0.262. The molecule has 0 saturated heterocycles. The highest BCUT2D eigenvalue weighted by Crippen LogP contribution is 2.12. The van der Waals surface area contributed by atoms with Gasteiger partial charge in [0.25, 0.3) is 0 Å². The summed E-state index contributed by atoms with van der Waals surface area (Å²) >= 11 is 0. The monoisotopic (exact) mass is 202 g/mol. The van der Waals surface area contributed by atoms with E-state index in [-0.39, 0.29) is 5.41 Å². The van der Waals surface area contributed by atoms with Gasteiger partial charge in [-0.3, -0.25) is 0 Å². The molecule has 0 aromatic heterocycles. The first-order chi connectivity index (χ1) is 6.42. The Morgan fingerprint density at radius 2 is 1.50 bits per heavy atom. The van der Waals surface area contributed by atoms with E-state index in [9.17, 15) is 0 Å². The first-order valence-electron chi connectivity index (χ1n) is 5.57. The second-order valence-electron chi connectivity index (χ2n) is 5.41.